The lowest BCUT2D eigenvalue weighted by Gasteiger charge is -2.44. The molecule has 0 bridgehead atoms. The molecule has 0 amide bonds. The second kappa shape index (κ2) is 9.60. The third kappa shape index (κ3) is 5.72. The zero-order valence-electron chi connectivity index (χ0n) is 19.7. The average molecular weight is 543 g/mol. The van der Waals surface area contributed by atoms with Crippen molar-refractivity contribution in [2.45, 2.75) is 51.3 Å². The Hall–Kier alpha value is -3.19. The molecule has 0 saturated heterocycles. The SMILES string of the molecule is CC1(C)C[C@@](O)(c2ncc(-c3cc(Nc4nccc(C(F)(F)F)n4)cc(C(F)F)c3)s2)CC[C@@H]1C(=O)O. The molecule has 1 aliphatic carbocycles. The number of hydrogen-bond acceptors (Lipinski definition) is 7. The van der Waals surface area contributed by atoms with Crippen molar-refractivity contribution in [3.8, 4) is 10.4 Å². The number of carboxylic acid groups (broad SMARTS) is 1. The normalized spacial score (nSPS) is 21.7. The van der Waals surface area contributed by atoms with Crippen LogP contribution >= 0.6 is 11.3 Å². The molecule has 1 fully saturated rings. The standard InChI is InChI=1S/C24H23F5N4O3S/c1-22(2)11-23(36,5-3-15(22)19(34)35)20-31-10-16(37-20)12-7-13(18(25)26)9-14(8-12)32-21-30-6-4-17(33-21)24(27,28)29/h4,6-10,15,18,36H,3,5,11H2,1-2H3,(H,34,35)(H,30,32,33)/t15-,23-/m1/s1. The van der Waals surface area contributed by atoms with Crippen LogP contribution in [0.5, 0.6) is 0 Å². The van der Waals surface area contributed by atoms with Crippen molar-refractivity contribution in [3.05, 3.63) is 52.9 Å². The molecule has 2 heterocycles. The summed E-state index contributed by atoms with van der Waals surface area (Å²) in [6.07, 6.45) is -4.66. The summed E-state index contributed by atoms with van der Waals surface area (Å²) in [6.45, 7) is 3.54. The van der Waals surface area contributed by atoms with Crippen LogP contribution in [0.3, 0.4) is 0 Å². The predicted octanol–water partition coefficient (Wildman–Crippen LogP) is 6.40. The maximum Gasteiger partial charge on any atom is 0.433 e. The fourth-order valence-electron chi connectivity index (χ4n) is 4.70. The number of benzene rings is 1. The summed E-state index contributed by atoms with van der Waals surface area (Å²) in [5.74, 6) is -1.97. The zero-order chi connectivity index (χ0) is 27.2. The summed E-state index contributed by atoms with van der Waals surface area (Å²) in [5.41, 5.74) is -3.31. The largest absolute Gasteiger partial charge is 0.481 e. The van der Waals surface area contributed by atoms with Gasteiger partial charge >= 0.3 is 12.1 Å². The number of thiazole rings is 1. The van der Waals surface area contributed by atoms with Crippen LogP contribution < -0.4 is 5.32 Å². The van der Waals surface area contributed by atoms with Crippen molar-refractivity contribution in [3.63, 3.8) is 0 Å². The maximum absolute atomic E-state index is 13.6. The number of anilines is 2. The summed E-state index contributed by atoms with van der Waals surface area (Å²) < 4.78 is 66.2. The summed E-state index contributed by atoms with van der Waals surface area (Å²) in [4.78, 5) is 23.5. The first kappa shape index (κ1) is 26.9. The van der Waals surface area contributed by atoms with Gasteiger partial charge in [0.25, 0.3) is 6.43 Å². The zero-order valence-corrected chi connectivity index (χ0v) is 20.5. The summed E-state index contributed by atoms with van der Waals surface area (Å²) in [7, 11) is 0. The van der Waals surface area contributed by atoms with Crippen molar-refractivity contribution < 1.29 is 37.0 Å². The number of nitrogens with one attached hydrogen (secondary N) is 1. The quantitative estimate of drug-likeness (QED) is 0.310. The Labute approximate surface area is 212 Å². The topological polar surface area (TPSA) is 108 Å². The maximum atomic E-state index is 13.6. The summed E-state index contributed by atoms with van der Waals surface area (Å²) in [6, 6.07) is 4.46. The van der Waals surface area contributed by atoms with Gasteiger partial charge in [-0.1, -0.05) is 13.8 Å². The van der Waals surface area contributed by atoms with Crippen molar-refractivity contribution in [2.24, 2.45) is 11.3 Å². The molecular weight excluding hydrogens is 519 g/mol. The van der Waals surface area contributed by atoms with Crippen molar-refractivity contribution in [1.29, 1.82) is 0 Å². The molecule has 4 rings (SSSR count). The van der Waals surface area contributed by atoms with E-state index in [4.69, 9.17) is 0 Å². The minimum atomic E-state index is -4.70. The van der Waals surface area contributed by atoms with Crippen molar-refractivity contribution >= 4 is 28.9 Å². The minimum Gasteiger partial charge on any atom is -0.481 e. The van der Waals surface area contributed by atoms with Gasteiger partial charge in [0.05, 0.1) is 10.8 Å². The number of aromatic nitrogens is 3. The van der Waals surface area contributed by atoms with Crippen LogP contribution in [0.2, 0.25) is 0 Å². The molecule has 1 saturated carbocycles. The highest BCUT2D eigenvalue weighted by atomic mass is 32.1. The molecule has 0 spiro atoms. The van der Waals surface area contributed by atoms with E-state index in [2.05, 4.69) is 20.3 Å². The third-order valence-electron chi connectivity index (χ3n) is 6.43. The van der Waals surface area contributed by atoms with Crippen LogP contribution in [-0.4, -0.2) is 31.1 Å². The van der Waals surface area contributed by atoms with E-state index in [0.29, 0.717) is 21.5 Å². The molecule has 13 heteroatoms. The monoisotopic (exact) mass is 542 g/mol. The van der Waals surface area contributed by atoms with Gasteiger partial charge in [-0.05, 0) is 54.5 Å². The van der Waals surface area contributed by atoms with Crippen LogP contribution in [0.25, 0.3) is 10.4 Å². The van der Waals surface area contributed by atoms with Gasteiger partial charge in [0, 0.05) is 23.6 Å². The van der Waals surface area contributed by atoms with Gasteiger partial charge in [-0.15, -0.1) is 11.3 Å². The highest BCUT2D eigenvalue weighted by Gasteiger charge is 2.49. The van der Waals surface area contributed by atoms with E-state index in [0.717, 1.165) is 23.6 Å². The van der Waals surface area contributed by atoms with Gasteiger partial charge in [-0.3, -0.25) is 4.79 Å². The van der Waals surface area contributed by atoms with Gasteiger partial charge in [-0.2, -0.15) is 13.2 Å². The number of aliphatic hydroxyl groups is 1. The lowest BCUT2D eigenvalue weighted by molar-refractivity contribution is -0.154. The van der Waals surface area contributed by atoms with Crippen LogP contribution in [0, 0.1) is 11.3 Å². The predicted molar refractivity (Wildman–Crippen MR) is 125 cm³/mol. The van der Waals surface area contributed by atoms with E-state index >= 15 is 0 Å². The fourth-order valence-corrected chi connectivity index (χ4v) is 5.72. The Morgan fingerprint density at radius 1 is 1.22 bits per heavy atom. The molecule has 1 aliphatic rings. The van der Waals surface area contributed by atoms with Gasteiger partial charge in [0.15, 0.2) is 0 Å². The number of alkyl halides is 5. The minimum absolute atomic E-state index is 0.0453. The van der Waals surface area contributed by atoms with Gasteiger partial charge in [0.2, 0.25) is 5.95 Å². The van der Waals surface area contributed by atoms with E-state index in [1.54, 1.807) is 13.8 Å². The highest BCUT2D eigenvalue weighted by molar-refractivity contribution is 7.15. The first-order valence-electron chi connectivity index (χ1n) is 11.2. The molecule has 2 aromatic heterocycles. The molecule has 7 nitrogen and oxygen atoms in total. The highest BCUT2D eigenvalue weighted by Crippen LogP contribution is 2.51. The smallest absolute Gasteiger partial charge is 0.433 e. The molecule has 0 aliphatic heterocycles. The molecule has 2 atom stereocenters. The Balaban J connectivity index is 1.65. The lowest BCUT2D eigenvalue weighted by Crippen LogP contribution is -2.44. The van der Waals surface area contributed by atoms with Crippen LogP contribution in [0.4, 0.5) is 33.6 Å². The Morgan fingerprint density at radius 3 is 2.57 bits per heavy atom. The molecule has 1 aromatic carbocycles. The number of nitrogens with zero attached hydrogens (tertiary/aromatic N) is 3. The van der Waals surface area contributed by atoms with E-state index in [-0.39, 0.29) is 30.5 Å². The molecule has 37 heavy (non-hydrogen) atoms. The first-order chi connectivity index (χ1) is 17.2. The number of halogens is 5. The van der Waals surface area contributed by atoms with Crippen LogP contribution in [0.15, 0.2) is 36.7 Å². The third-order valence-corrected chi connectivity index (χ3v) is 7.67. The number of aliphatic carboxylic acids is 1. The van der Waals surface area contributed by atoms with Crippen molar-refractivity contribution in [2.75, 3.05) is 5.32 Å². The molecule has 3 aromatic rings. The van der Waals surface area contributed by atoms with Gasteiger partial charge < -0.3 is 15.5 Å². The van der Waals surface area contributed by atoms with E-state index in [1.807, 2.05) is 0 Å². The second-order valence-corrected chi connectivity index (χ2v) is 10.7. The van der Waals surface area contributed by atoms with E-state index < -0.39 is 47.1 Å². The number of rotatable bonds is 6. The summed E-state index contributed by atoms with van der Waals surface area (Å²) in [5, 5.41) is 23.7. The van der Waals surface area contributed by atoms with Gasteiger partial charge in [-0.25, -0.2) is 23.7 Å². The Morgan fingerprint density at radius 2 is 1.95 bits per heavy atom. The van der Waals surface area contributed by atoms with Gasteiger partial charge in [0.1, 0.15) is 16.3 Å². The van der Waals surface area contributed by atoms with Crippen LogP contribution in [-0.2, 0) is 16.6 Å². The Bertz CT molecular complexity index is 1310. The number of carboxylic acids is 1. The van der Waals surface area contributed by atoms with Crippen LogP contribution in [0.1, 0.15) is 55.8 Å². The number of hydrogen-bond donors (Lipinski definition) is 3. The molecule has 3 N–H and O–H groups in total. The fraction of sp³-hybridized carbons (Fsp3) is 0.417. The van der Waals surface area contributed by atoms with Crippen molar-refractivity contribution in [1.82, 2.24) is 15.0 Å². The first-order valence-corrected chi connectivity index (χ1v) is 12.0. The number of carbonyl (C=O) groups is 1. The summed E-state index contributed by atoms with van der Waals surface area (Å²) >= 11 is 1.08. The molecule has 0 radical (unpaired) electrons. The Kier molecular flexibility index (Phi) is 6.97. The molecular formula is C24H23F5N4O3S. The average Bonchev–Trinajstić information content (AvgIpc) is 3.29. The lowest BCUT2D eigenvalue weighted by atomic mass is 9.63. The second-order valence-electron chi connectivity index (χ2n) is 9.69. The van der Waals surface area contributed by atoms with E-state index in [1.165, 1.54) is 18.3 Å². The molecule has 198 valence electrons. The van der Waals surface area contributed by atoms with E-state index in [9.17, 15) is 37.0 Å². The molecule has 0 unspecified atom stereocenters.